The SMILES string of the molecule is CCC(CC(C)(C(=O)OC(C)(C)c1ccccc1)C(C)(CC)C(=O)OC1(CC)CCCCC1)c1ccc(O)cc1. The van der Waals surface area contributed by atoms with E-state index in [1.807, 2.05) is 77.1 Å². The number of esters is 2. The van der Waals surface area contributed by atoms with E-state index in [2.05, 4.69) is 13.8 Å². The van der Waals surface area contributed by atoms with Crippen molar-refractivity contribution in [2.45, 2.75) is 123 Å². The van der Waals surface area contributed by atoms with Gasteiger partial charge in [0.25, 0.3) is 0 Å². The number of phenolic OH excluding ortho intramolecular Hbond substituents is 1. The molecule has 1 N–H and O–H groups in total. The normalized spacial score (nSPS) is 19.1. The van der Waals surface area contributed by atoms with Crippen LogP contribution in [0.4, 0.5) is 0 Å². The van der Waals surface area contributed by atoms with Crippen LogP contribution < -0.4 is 0 Å². The summed E-state index contributed by atoms with van der Waals surface area (Å²) in [5, 5.41) is 9.88. The van der Waals surface area contributed by atoms with Gasteiger partial charge in [-0.15, -0.1) is 0 Å². The summed E-state index contributed by atoms with van der Waals surface area (Å²) in [5.41, 5.74) is -1.73. The molecule has 0 radical (unpaired) electrons. The van der Waals surface area contributed by atoms with Crippen LogP contribution in [0.2, 0.25) is 0 Å². The van der Waals surface area contributed by atoms with Crippen molar-refractivity contribution in [2.24, 2.45) is 10.8 Å². The molecule has 1 fully saturated rings. The van der Waals surface area contributed by atoms with E-state index in [4.69, 9.17) is 9.47 Å². The molecule has 0 spiro atoms. The highest BCUT2D eigenvalue weighted by Crippen LogP contribution is 2.52. The molecule has 0 saturated heterocycles. The van der Waals surface area contributed by atoms with Crippen LogP contribution >= 0.6 is 0 Å². The third kappa shape index (κ3) is 6.56. The predicted molar refractivity (Wildman–Crippen MR) is 160 cm³/mol. The zero-order valence-corrected chi connectivity index (χ0v) is 25.7. The van der Waals surface area contributed by atoms with E-state index < -0.39 is 28.0 Å². The first-order valence-corrected chi connectivity index (χ1v) is 15.2. The van der Waals surface area contributed by atoms with Gasteiger partial charge in [0.05, 0.1) is 10.8 Å². The second kappa shape index (κ2) is 12.8. The van der Waals surface area contributed by atoms with Crippen LogP contribution in [0.5, 0.6) is 5.75 Å². The fourth-order valence-electron chi connectivity index (χ4n) is 6.31. The van der Waals surface area contributed by atoms with Crippen molar-refractivity contribution in [3.05, 3.63) is 65.7 Å². The van der Waals surface area contributed by atoms with Crippen molar-refractivity contribution >= 4 is 11.9 Å². The summed E-state index contributed by atoms with van der Waals surface area (Å²) < 4.78 is 12.8. The highest BCUT2D eigenvalue weighted by molar-refractivity contribution is 5.88. The largest absolute Gasteiger partial charge is 0.508 e. The van der Waals surface area contributed by atoms with Crippen molar-refractivity contribution in [3.63, 3.8) is 0 Å². The molecule has 2 aromatic carbocycles. The fourth-order valence-corrected chi connectivity index (χ4v) is 6.31. The van der Waals surface area contributed by atoms with Crippen LogP contribution in [0.15, 0.2) is 54.6 Å². The highest BCUT2D eigenvalue weighted by atomic mass is 16.6. The summed E-state index contributed by atoms with van der Waals surface area (Å²) >= 11 is 0. The van der Waals surface area contributed by atoms with Gasteiger partial charge >= 0.3 is 11.9 Å². The number of hydrogen-bond acceptors (Lipinski definition) is 5. The van der Waals surface area contributed by atoms with Gasteiger partial charge in [-0.25, -0.2) is 0 Å². The Balaban J connectivity index is 2.05. The van der Waals surface area contributed by atoms with E-state index in [0.29, 0.717) is 12.8 Å². The summed E-state index contributed by atoms with van der Waals surface area (Å²) in [5.74, 6) is -0.526. The maximum absolute atomic E-state index is 14.5. The molecular weight excluding hydrogens is 500 g/mol. The van der Waals surface area contributed by atoms with Gasteiger partial charge in [-0.3, -0.25) is 9.59 Å². The minimum absolute atomic E-state index is 0.0218. The Morgan fingerprint density at radius 1 is 0.850 bits per heavy atom. The minimum Gasteiger partial charge on any atom is -0.508 e. The minimum atomic E-state index is -1.17. The Bertz CT molecular complexity index is 1120. The summed E-state index contributed by atoms with van der Waals surface area (Å²) in [7, 11) is 0. The van der Waals surface area contributed by atoms with Crippen molar-refractivity contribution in [1.82, 2.24) is 0 Å². The Morgan fingerprint density at radius 2 is 1.45 bits per heavy atom. The van der Waals surface area contributed by atoms with Crippen molar-refractivity contribution in [3.8, 4) is 5.75 Å². The summed E-state index contributed by atoms with van der Waals surface area (Å²) in [4.78, 5) is 28.8. The van der Waals surface area contributed by atoms with Gasteiger partial charge in [-0.2, -0.15) is 0 Å². The highest BCUT2D eigenvalue weighted by Gasteiger charge is 2.58. The van der Waals surface area contributed by atoms with Crippen molar-refractivity contribution < 1.29 is 24.2 Å². The lowest BCUT2D eigenvalue weighted by Crippen LogP contribution is -2.54. The summed E-state index contributed by atoms with van der Waals surface area (Å²) in [6.45, 7) is 13.7. The molecule has 0 aromatic heterocycles. The summed E-state index contributed by atoms with van der Waals surface area (Å²) in [6, 6.07) is 16.9. The van der Waals surface area contributed by atoms with Crippen molar-refractivity contribution in [1.29, 1.82) is 0 Å². The van der Waals surface area contributed by atoms with Gasteiger partial charge in [0.15, 0.2) is 0 Å². The number of rotatable bonds is 12. The number of carbonyl (C=O) groups is 2. The smallest absolute Gasteiger partial charge is 0.313 e. The third-order valence-corrected chi connectivity index (χ3v) is 9.87. The van der Waals surface area contributed by atoms with Crippen LogP contribution in [0, 0.1) is 10.8 Å². The van der Waals surface area contributed by atoms with Crippen LogP contribution in [0.3, 0.4) is 0 Å². The quantitative estimate of drug-likeness (QED) is 0.267. The van der Waals surface area contributed by atoms with E-state index in [-0.39, 0.29) is 17.6 Å². The van der Waals surface area contributed by atoms with E-state index in [1.165, 1.54) is 0 Å². The molecule has 1 saturated carbocycles. The lowest BCUT2D eigenvalue weighted by Gasteiger charge is -2.47. The molecule has 220 valence electrons. The van der Waals surface area contributed by atoms with Gasteiger partial charge in [0, 0.05) is 0 Å². The lowest BCUT2D eigenvalue weighted by atomic mass is 9.59. The molecule has 1 aliphatic carbocycles. The standard InChI is InChI=1S/C35H50O5/c1-8-26(27-19-21-29(36)22-20-27)25-34(7,31(38)39-32(4,5)28-17-13-11-14-18-28)33(6,9-2)30(37)40-35(10-3)23-15-12-16-24-35/h11,13-14,17-22,26,36H,8-10,12,15-16,23-25H2,1-7H3. The lowest BCUT2D eigenvalue weighted by molar-refractivity contribution is -0.199. The van der Waals surface area contributed by atoms with Crippen LogP contribution in [0.25, 0.3) is 0 Å². The molecule has 3 atom stereocenters. The van der Waals surface area contributed by atoms with Crippen LogP contribution in [-0.2, 0) is 24.7 Å². The van der Waals surface area contributed by atoms with Gasteiger partial charge in [-0.05, 0) is 108 Å². The second-order valence-corrected chi connectivity index (χ2v) is 12.7. The number of phenols is 1. The fraction of sp³-hybridized carbons (Fsp3) is 0.600. The number of aromatic hydroxyl groups is 1. The second-order valence-electron chi connectivity index (χ2n) is 12.7. The van der Waals surface area contributed by atoms with E-state index in [9.17, 15) is 14.7 Å². The van der Waals surface area contributed by atoms with Gasteiger partial charge in [0.1, 0.15) is 17.0 Å². The molecule has 1 aliphatic rings. The average molecular weight is 551 g/mol. The Kier molecular flexibility index (Phi) is 10.1. The molecule has 0 amide bonds. The topological polar surface area (TPSA) is 72.8 Å². The molecule has 0 aliphatic heterocycles. The first-order valence-electron chi connectivity index (χ1n) is 15.2. The average Bonchev–Trinajstić information content (AvgIpc) is 2.96. The molecule has 5 nitrogen and oxygen atoms in total. The van der Waals surface area contributed by atoms with E-state index in [1.54, 1.807) is 12.1 Å². The Hall–Kier alpha value is -2.82. The maximum atomic E-state index is 14.5. The van der Waals surface area contributed by atoms with Crippen LogP contribution in [-0.4, -0.2) is 22.6 Å². The predicted octanol–water partition coefficient (Wildman–Crippen LogP) is 8.83. The van der Waals surface area contributed by atoms with Crippen molar-refractivity contribution in [2.75, 3.05) is 0 Å². The molecular formula is C35H50O5. The zero-order valence-electron chi connectivity index (χ0n) is 25.7. The van der Waals surface area contributed by atoms with Gasteiger partial charge in [0.2, 0.25) is 0 Å². The third-order valence-electron chi connectivity index (χ3n) is 9.87. The number of carbonyl (C=O) groups excluding carboxylic acids is 2. The molecule has 2 aromatic rings. The molecule has 5 heteroatoms. The van der Waals surface area contributed by atoms with E-state index in [0.717, 1.165) is 56.1 Å². The molecule has 40 heavy (non-hydrogen) atoms. The molecule has 0 bridgehead atoms. The number of hydrogen-bond donors (Lipinski definition) is 1. The molecule has 0 heterocycles. The first-order chi connectivity index (χ1) is 18.9. The van der Waals surface area contributed by atoms with Gasteiger partial charge in [-0.1, -0.05) is 69.7 Å². The number of ether oxygens (including phenoxy) is 2. The van der Waals surface area contributed by atoms with E-state index >= 15 is 0 Å². The monoisotopic (exact) mass is 550 g/mol. The van der Waals surface area contributed by atoms with Crippen LogP contribution in [0.1, 0.15) is 123 Å². The molecule has 3 rings (SSSR count). The molecule has 3 unspecified atom stereocenters. The Morgan fingerprint density at radius 3 is 1.98 bits per heavy atom. The maximum Gasteiger partial charge on any atom is 0.313 e. The van der Waals surface area contributed by atoms with Gasteiger partial charge < -0.3 is 14.6 Å². The Labute approximate surface area is 241 Å². The zero-order chi connectivity index (χ0) is 29.6. The number of benzene rings is 2. The first kappa shape index (κ1) is 31.7. The summed E-state index contributed by atoms with van der Waals surface area (Å²) in [6.07, 6.45) is 7.37.